The van der Waals surface area contributed by atoms with Crippen LogP contribution in [0, 0.1) is 0 Å². The lowest BCUT2D eigenvalue weighted by Crippen LogP contribution is -2.32. The Morgan fingerprint density at radius 3 is 2.80 bits per heavy atom. The van der Waals surface area contributed by atoms with Crippen molar-refractivity contribution in [1.29, 1.82) is 0 Å². The van der Waals surface area contributed by atoms with Crippen LogP contribution in [-0.2, 0) is 14.4 Å². The van der Waals surface area contributed by atoms with E-state index in [-0.39, 0.29) is 6.61 Å². The van der Waals surface area contributed by atoms with Crippen molar-refractivity contribution in [3.63, 3.8) is 0 Å². The summed E-state index contributed by atoms with van der Waals surface area (Å²) in [5.41, 5.74) is 1.79. The zero-order chi connectivity index (χ0) is 7.98. The second-order valence-electron chi connectivity index (χ2n) is 1.44. The molecule has 0 fully saturated rings. The number of alkyl halides is 1. The Morgan fingerprint density at radius 1 is 1.80 bits per heavy atom. The molecule has 0 rings (SSSR count). The van der Waals surface area contributed by atoms with E-state index in [4.69, 9.17) is 0 Å². The largest absolute Gasteiger partial charge is 0.341 e. The van der Waals surface area contributed by atoms with E-state index in [1.54, 1.807) is 12.4 Å². The molecule has 1 amide bonds. The third kappa shape index (κ3) is 3.37. The highest BCUT2D eigenvalue weighted by molar-refractivity contribution is 5.78. The second kappa shape index (κ2) is 5.13. The van der Waals surface area contributed by atoms with E-state index in [1.165, 1.54) is 7.11 Å². The normalized spacial score (nSPS) is 12.7. The molecule has 0 aromatic carbocycles. The zero-order valence-electron chi connectivity index (χ0n) is 5.89. The first-order valence-electron chi connectivity index (χ1n) is 2.80. The number of halogens is 1. The van der Waals surface area contributed by atoms with E-state index in [0.29, 0.717) is 0 Å². The Hall–Kier alpha value is -0.680. The van der Waals surface area contributed by atoms with Crippen LogP contribution < -0.4 is 5.48 Å². The third-order valence-electron chi connectivity index (χ3n) is 0.722. The van der Waals surface area contributed by atoms with Gasteiger partial charge in [0.05, 0.1) is 7.11 Å². The summed E-state index contributed by atoms with van der Waals surface area (Å²) in [7, 11) is 1.22. The SMILES string of the molecule is CCOC(F)C(=O)NOC. The summed E-state index contributed by atoms with van der Waals surface area (Å²) in [6, 6.07) is 0. The summed E-state index contributed by atoms with van der Waals surface area (Å²) >= 11 is 0. The number of amides is 1. The van der Waals surface area contributed by atoms with Crippen molar-refractivity contribution in [1.82, 2.24) is 5.48 Å². The van der Waals surface area contributed by atoms with Gasteiger partial charge in [-0.15, -0.1) is 0 Å². The summed E-state index contributed by atoms with van der Waals surface area (Å²) in [6.07, 6.45) is -1.94. The number of hydroxylamine groups is 1. The number of hydrogen-bond acceptors (Lipinski definition) is 3. The Kier molecular flexibility index (Phi) is 4.78. The molecule has 0 aliphatic carbocycles. The molecule has 0 spiro atoms. The van der Waals surface area contributed by atoms with Gasteiger partial charge in [-0.1, -0.05) is 0 Å². The molecule has 0 aliphatic rings. The van der Waals surface area contributed by atoms with Gasteiger partial charge in [0.1, 0.15) is 0 Å². The second-order valence-corrected chi connectivity index (χ2v) is 1.44. The third-order valence-corrected chi connectivity index (χ3v) is 0.722. The zero-order valence-corrected chi connectivity index (χ0v) is 5.89. The highest BCUT2D eigenvalue weighted by Crippen LogP contribution is 1.92. The summed E-state index contributed by atoms with van der Waals surface area (Å²) in [5, 5.41) is 0. The molecule has 0 heterocycles. The van der Waals surface area contributed by atoms with Crippen LogP contribution >= 0.6 is 0 Å². The molecule has 1 atom stereocenters. The molecule has 0 radical (unpaired) electrons. The highest BCUT2D eigenvalue weighted by Gasteiger charge is 2.15. The van der Waals surface area contributed by atoms with Gasteiger partial charge in [0.2, 0.25) is 0 Å². The van der Waals surface area contributed by atoms with Gasteiger partial charge in [0.25, 0.3) is 6.36 Å². The van der Waals surface area contributed by atoms with Gasteiger partial charge in [-0.3, -0.25) is 9.63 Å². The molecule has 0 saturated heterocycles. The van der Waals surface area contributed by atoms with Gasteiger partial charge >= 0.3 is 5.91 Å². The van der Waals surface area contributed by atoms with E-state index in [0.717, 1.165) is 0 Å². The molecule has 0 saturated carbocycles. The van der Waals surface area contributed by atoms with Crippen molar-refractivity contribution >= 4 is 5.91 Å². The van der Waals surface area contributed by atoms with E-state index < -0.39 is 12.3 Å². The molecule has 0 bridgehead atoms. The maximum atomic E-state index is 12.3. The maximum Gasteiger partial charge on any atom is 0.305 e. The first kappa shape index (κ1) is 9.32. The fourth-order valence-electron chi connectivity index (χ4n) is 0.369. The van der Waals surface area contributed by atoms with Gasteiger partial charge in [-0.25, -0.2) is 9.87 Å². The van der Waals surface area contributed by atoms with Crippen LogP contribution in [0.3, 0.4) is 0 Å². The average molecular weight is 151 g/mol. The molecule has 1 unspecified atom stereocenters. The molecule has 0 aromatic rings. The van der Waals surface area contributed by atoms with Crippen LogP contribution in [0.2, 0.25) is 0 Å². The van der Waals surface area contributed by atoms with Crippen molar-refractivity contribution in [3.05, 3.63) is 0 Å². The Labute approximate surface area is 58.3 Å². The van der Waals surface area contributed by atoms with Crippen molar-refractivity contribution < 1.29 is 18.8 Å². The monoisotopic (exact) mass is 151 g/mol. The van der Waals surface area contributed by atoms with E-state index in [9.17, 15) is 9.18 Å². The van der Waals surface area contributed by atoms with Crippen molar-refractivity contribution in [2.45, 2.75) is 13.3 Å². The minimum absolute atomic E-state index is 0.151. The fourth-order valence-corrected chi connectivity index (χ4v) is 0.369. The first-order chi connectivity index (χ1) is 4.72. The van der Waals surface area contributed by atoms with Crippen molar-refractivity contribution in [3.8, 4) is 0 Å². The molecule has 4 nitrogen and oxygen atoms in total. The fraction of sp³-hybridized carbons (Fsp3) is 0.800. The molecular weight excluding hydrogens is 141 g/mol. The van der Waals surface area contributed by atoms with Crippen LogP contribution in [0.4, 0.5) is 4.39 Å². The predicted octanol–water partition coefficient (Wildman–Crippen LogP) is -0.00390. The summed E-state index contributed by atoms with van der Waals surface area (Å²) in [6.45, 7) is 1.74. The Morgan fingerprint density at radius 2 is 2.40 bits per heavy atom. The van der Waals surface area contributed by atoms with Crippen molar-refractivity contribution in [2.24, 2.45) is 0 Å². The summed E-state index contributed by atoms with van der Waals surface area (Å²) in [4.78, 5) is 14.5. The highest BCUT2D eigenvalue weighted by atomic mass is 19.1. The number of ether oxygens (including phenoxy) is 1. The van der Waals surface area contributed by atoms with Crippen LogP contribution in [0.15, 0.2) is 0 Å². The molecule has 5 heteroatoms. The van der Waals surface area contributed by atoms with Gasteiger partial charge in [0.15, 0.2) is 0 Å². The van der Waals surface area contributed by atoms with Gasteiger partial charge in [0, 0.05) is 6.61 Å². The van der Waals surface area contributed by atoms with Crippen molar-refractivity contribution in [2.75, 3.05) is 13.7 Å². The lowest BCUT2D eigenvalue weighted by atomic mass is 10.6. The number of rotatable bonds is 4. The van der Waals surface area contributed by atoms with Crippen LogP contribution in [0.1, 0.15) is 6.92 Å². The summed E-state index contributed by atoms with van der Waals surface area (Å²) in [5.74, 6) is -0.927. The predicted molar refractivity (Wildman–Crippen MR) is 31.7 cm³/mol. The molecule has 60 valence electrons. The summed E-state index contributed by atoms with van der Waals surface area (Å²) < 4.78 is 16.6. The smallest absolute Gasteiger partial charge is 0.305 e. The first-order valence-corrected chi connectivity index (χ1v) is 2.80. The quantitative estimate of drug-likeness (QED) is 0.575. The van der Waals surface area contributed by atoms with Crippen LogP contribution in [-0.4, -0.2) is 26.0 Å². The number of carbonyl (C=O) groups is 1. The number of nitrogens with one attached hydrogen (secondary N) is 1. The van der Waals surface area contributed by atoms with Gasteiger partial charge in [-0.2, -0.15) is 0 Å². The number of carbonyl (C=O) groups excluding carboxylic acids is 1. The van der Waals surface area contributed by atoms with Crippen LogP contribution in [0.25, 0.3) is 0 Å². The standard InChI is InChI=1S/C5H10FNO3/c1-3-10-4(6)5(8)7-9-2/h4H,3H2,1-2H3,(H,7,8). The van der Waals surface area contributed by atoms with Gasteiger partial charge < -0.3 is 4.74 Å². The van der Waals surface area contributed by atoms with Gasteiger partial charge in [-0.05, 0) is 6.92 Å². The average Bonchev–Trinajstić information content (AvgIpc) is 1.89. The van der Waals surface area contributed by atoms with E-state index in [1.807, 2.05) is 0 Å². The lowest BCUT2D eigenvalue weighted by molar-refractivity contribution is -0.154. The molecule has 0 aromatic heterocycles. The molecule has 0 aliphatic heterocycles. The van der Waals surface area contributed by atoms with E-state index >= 15 is 0 Å². The molecular formula is C5H10FNO3. The number of hydrogen-bond donors (Lipinski definition) is 1. The lowest BCUT2D eigenvalue weighted by Gasteiger charge is -2.05. The minimum Gasteiger partial charge on any atom is -0.341 e. The van der Waals surface area contributed by atoms with Crippen LogP contribution in [0.5, 0.6) is 0 Å². The topological polar surface area (TPSA) is 47.6 Å². The van der Waals surface area contributed by atoms with E-state index in [2.05, 4.69) is 9.57 Å². The molecule has 10 heavy (non-hydrogen) atoms. The Bertz CT molecular complexity index is 109. The maximum absolute atomic E-state index is 12.3. The molecule has 1 N–H and O–H groups in total. The Balaban J connectivity index is 3.49. The minimum atomic E-state index is -1.94.